The average Bonchev–Trinajstić information content (AvgIpc) is 3.50. The maximum atomic E-state index is 15.4. The van der Waals surface area contributed by atoms with Crippen LogP contribution in [0.5, 0.6) is 0 Å². The summed E-state index contributed by atoms with van der Waals surface area (Å²) in [5, 5.41) is 2.43. The Morgan fingerprint density at radius 1 is 0.975 bits per heavy atom. The number of likely N-dealkylation sites (tertiary alicyclic amines) is 1. The maximum absolute atomic E-state index is 15.4. The van der Waals surface area contributed by atoms with Crippen LogP contribution in [-0.2, 0) is 16.1 Å². The number of Topliss-reactive ketones (excluding diaryl/α,β-unsaturated/α-hetero) is 1. The Labute approximate surface area is 231 Å². The number of carbonyl (C=O) groups excluding carboxylic acids is 3. The van der Waals surface area contributed by atoms with Crippen molar-refractivity contribution >= 4 is 45.8 Å². The summed E-state index contributed by atoms with van der Waals surface area (Å²) in [6.45, 7) is 0.836. The van der Waals surface area contributed by atoms with E-state index in [1.54, 1.807) is 35.0 Å². The van der Waals surface area contributed by atoms with Gasteiger partial charge in [0.15, 0.2) is 23.2 Å². The van der Waals surface area contributed by atoms with Crippen LogP contribution in [0.15, 0.2) is 60.8 Å². The van der Waals surface area contributed by atoms with Crippen molar-refractivity contribution in [1.82, 2.24) is 9.47 Å². The van der Waals surface area contributed by atoms with Gasteiger partial charge in [0.25, 0.3) is 0 Å². The average molecular weight is 572 g/mol. The summed E-state index contributed by atoms with van der Waals surface area (Å²) >= 11 is 5.88. The van der Waals surface area contributed by atoms with Gasteiger partial charge in [-0.3, -0.25) is 14.4 Å². The summed E-state index contributed by atoms with van der Waals surface area (Å²) in [7, 11) is 0. The molecular weight excluding hydrogens is 550 g/mol. The van der Waals surface area contributed by atoms with E-state index in [0.29, 0.717) is 16.5 Å². The molecule has 206 valence electrons. The van der Waals surface area contributed by atoms with Gasteiger partial charge in [0.1, 0.15) is 18.8 Å². The van der Waals surface area contributed by atoms with Gasteiger partial charge in [-0.15, -0.1) is 0 Å². The zero-order valence-electron chi connectivity index (χ0n) is 21.1. The normalized spacial score (nSPS) is 16.9. The van der Waals surface area contributed by atoms with E-state index in [2.05, 4.69) is 5.32 Å². The van der Waals surface area contributed by atoms with Gasteiger partial charge in [0.05, 0.1) is 17.3 Å². The summed E-state index contributed by atoms with van der Waals surface area (Å²) in [5.41, 5.74) is 0.442. The molecule has 0 unspecified atom stereocenters. The van der Waals surface area contributed by atoms with E-state index in [1.807, 2.05) is 0 Å². The monoisotopic (exact) mass is 571 g/mol. The van der Waals surface area contributed by atoms with Crippen LogP contribution in [0.4, 0.5) is 23.2 Å². The van der Waals surface area contributed by atoms with Crippen molar-refractivity contribution < 1.29 is 31.9 Å². The van der Waals surface area contributed by atoms with Crippen molar-refractivity contribution in [3.8, 4) is 11.1 Å². The zero-order chi connectivity index (χ0) is 28.7. The maximum Gasteiger partial charge on any atom is 0.247 e. The number of carbonyl (C=O) groups is 3. The molecule has 4 aromatic rings. The summed E-state index contributed by atoms with van der Waals surface area (Å²) in [6.07, 6.45) is -0.224. The van der Waals surface area contributed by atoms with Gasteiger partial charge in [0.2, 0.25) is 11.8 Å². The Balaban J connectivity index is 1.38. The largest absolute Gasteiger partial charge is 0.337 e. The van der Waals surface area contributed by atoms with E-state index >= 15 is 4.39 Å². The Morgan fingerprint density at radius 3 is 2.48 bits per heavy atom. The van der Waals surface area contributed by atoms with Gasteiger partial charge >= 0.3 is 0 Å². The number of fused-ring (bicyclic) bond motifs is 1. The van der Waals surface area contributed by atoms with E-state index in [0.717, 1.165) is 17.0 Å². The lowest BCUT2D eigenvalue weighted by molar-refractivity contribution is -0.137. The third-order valence-electron chi connectivity index (χ3n) is 6.93. The summed E-state index contributed by atoms with van der Waals surface area (Å²) in [4.78, 5) is 39.6. The first-order valence-electron chi connectivity index (χ1n) is 12.3. The number of aromatic nitrogens is 1. The molecular formula is C29H22ClF4N3O3. The van der Waals surface area contributed by atoms with E-state index < -0.39 is 46.5 Å². The molecule has 2 heterocycles. The number of ketones is 1. The van der Waals surface area contributed by atoms with Crippen LogP contribution >= 0.6 is 11.6 Å². The Hall–Kier alpha value is -4.18. The molecule has 1 saturated heterocycles. The molecule has 0 radical (unpaired) electrons. The van der Waals surface area contributed by atoms with Crippen LogP contribution < -0.4 is 5.32 Å². The minimum Gasteiger partial charge on any atom is -0.337 e. The van der Waals surface area contributed by atoms with Crippen molar-refractivity contribution in [3.63, 3.8) is 0 Å². The third kappa shape index (κ3) is 4.95. The molecule has 0 saturated carbocycles. The van der Waals surface area contributed by atoms with Crippen LogP contribution in [0.25, 0.3) is 22.0 Å². The van der Waals surface area contributed by atoms with Crippen molar-refractivity contribution in [2.45, 2.75) is 32.1 Å². The molecule has 0 spiro atoms. The second-order valence-electron chi connectivity index (χ2n) is 9.52. The Bertz CT molecular complexity index is 1670. The molecule has 1 aromatic heterocycles. The van der Waals surface area contributed by atoms with Crippen molar-refractivity contribution in [3.05, 3.63) is 88.8 Å². The smallest absolute Gasteiger partial charge is 0.247 e. The molecule has 5 rings (SSSR count). The molecule has 6 nitrogen and oxygen atoms in total. The highest BCUT2D eigenvalue weighted by molar-refractivity contribution is 6.33. The molecule has 1 N–H and O–H groups in total. The minimum atomic E-state index is -1.48. The molecule has 1 aliphatic rings. The molecule has 2 atom stereocenters. The lowest BCUT2D eigenvalue weighted by Crippen LogP contribution is -2.44. The minimum absolute atomic E-state index is 0.125. The van der Waals surface area contributed by atoms with Gasteiger partial charge in [0, 0.05) is 40.2 Å². The summed E-state index contributed by atoms with van der Waals surface area (Å²) in [5.74, 6) is -5.06. The number of anilines is 1. The van der Waals surface area contributed by atoms with Crippen LogP contribution in [0, 0.1) is 17.5 Å². The Kier molecular flexibility index (Phi) is 7.37. The quantitative estimate of drug-likeness (QED) is 0.171. The number of alkyl halides is 1. The van der Waals surface area contributed by atoms with Crippen molar-refractivity contribution in [2.24, 2.45) is 0 Å². The molecule has 3 aromatic carbocycles. The predicted molar refractivity (Wildman–Crippen MR) is 142 cm³/mol. The van der Waals surface area contributed by atoms with Gasteiger partial charge < -0.3 is 14.8 Å². The molecule has 2 amide bonds. The van der Waals surface area contributed by atoms with Crippen LogP contribution in [0.1, 0.15) is 23.7 Å². The molecule has 0 bridgehead atoms. The lowest BCUT2D eigenvalue weighted by atomic mass is 10.0. The number of halogens is 5. The standard InChI is InChI=1S/C29H22ClF4N3O3/c1-15(38)20-13-36(23-8-3-2-5-17(20)23)14-25(39)37-12-16(31)11-24(37)29(40)35-22-7-4-6-19(27(22)33)18-9-10-21(32)28(34)26(18)30/h2-10,13,16,24H,11-12,14H2,1H3,(H,35,40)/t16-,24+/m1/s1. The van der Waals surface area contributed by atoms with Crippen molar-refractivity contribution in [2.75, 3.05) is 11.9 Å². The summed E-state index contributed by atoms with van der Waals surface area (Å²) < 4.78 is 58.9. The summed E-state index contributed by atoms with van der Waals surface area (Å²) in [6, 6.07) is 11.6. The fraction of sp³-hybridized carbons (Fsp3) is 0.207. The fourth-order valence-electron chi connectivity index (χ4n) is 4.99. The number of para-hydroxylation sites is 1. The number of nitrogens with zero attached hydrogens (tertiary/aromatic N) is 2. The van der Waals surface area contributed by atoms with E-state index in [-0.39, 0.29) is 42.1 Å². The van der Waals surface area contributed by atoms with Gasteiger partial charge in [-0.2, -0.15) is 0 Å². The van der Waals surface area contributed by atoms with Crippen LogP contribution in [0.2, 0.25) is 5.02 Å². The van der Waals surface area contributed by atoms with Gasteiger partial charge in [-0.1, -0.05) is 41.9 Å². The first-order chi connectivity index (χ1) is 19.1. The zero-order valence-corrected chi connectivity index (χ0v) is 21.8. The second-order valence-corrected chi connectivity index (χ2v) is 9.90. The number of rotatable bonds is 6. The number of hydrogen-bond donors (Lipinski definition) is 1. The third-order valence-corrected chi connectivity index (χ3v) is 7.30. The highest BCUT2D eigenvalue weighted by atomic mass is 35.5. The molecule has 0 aliphatic carbocycles. The van der Waals surface area contributed by atoms with Gasteiger partial charge in [-0.05, 0) is 31.2 Å². The molecule has 1 aliphatic heterocycles. The number of hydrogen-bond acceptors (Lipinski definition) is 3. The number of nitrogens with one attached hydrogen (secondary N) is 1. The predicted octanol–water partition coefficient (Wildman–Crippen LogP) is 6.16. The van der Waals surface area contributed by atoms with Crippen molar-refractivity contribution in [1.29, 1.82) is 0 Å². The molecule has 1 fully saturated rings. The molecule has 40 heavy (non-hydrogen) atoms. The lowest BCUT2D eigenvalue weighted by Gasteiger charge is -2.24. The first kappa shape index (κ1) is 27.4. The highest BCUT2D eigenvalue weighted by Crippen LogP contribution is 2.35. The van der Waals surface area contributed by atoms with E-state index in [1.165, 1.54) is 25.1 Å². The first-order valence-corrected chi connectivity index (χ1v) is 12.7. The Morgan fingerprint density at radius 2 is 1.73 bits per heavy atom. The fourth-order valence-corrected chi connectivity index (χ4v) is 5.25. The van der Waals surface area contributed by atoms with E-state index in [9.17, 15) is 27.6 Å². The van der Waals surface area contributed by atoms with Crippen LogP contribution in [-0.4, -0.2) is 45.8 Å². The van der Waals surface area contributed by atoms with Crippen LogP contribution in [0.3, 0.4) is 0 Å². The SMILES string of the molecule is CC(=O)c1cn(CC(=O)N2C[C@H](F)C[C@H]2C(=O)Nc2cccc(-c3ccc(F)c(F)c3Cl)c2F)c2ccccc12. The van der Waals surface area contributed by atoms with E-state index in [4.69, 9.17) is 11.6 Å². The second kappa shape index (κ2) is 10.8. The number of benzene rings is 3. The topological polar surface area (TPSA) is 71.4 Å². The highest BCUT2D eigenvalue weighted by Gasteiger charge is 2.40. The van der Waals surface area contributed by atoms with Gasteiger partial charge in [-0.25, -0.2) is 17.6 Å². The number of amides is 2. The molecule has 11 heteroatoms.